The molecule has 5 nitrogen and oxygen atoms in total. The van der Waals surface area contributed by atoms with Crippen LogP contribution >= 0.6 is 0 Å². The predicted molar refractivity (Wildman–Crippen MR) is 88.5 cm³/mol. The Morgan fingerprint density at radius 2 is 2.17 bits per heavy atom. The smallest absolute Gasteiger partial charge is 0.244 e. The predicted octanol–water partition coefficient (Wildman–Crippen LogP) is 2.91. The van der Waals surface area contributed by atoms with Crippen molar-refractivity contribution >= 4 is 23.0 Å². The van der Waals surface area contributed by atoms with Gasteiger partial charge in [0.1, 0.15) is 11.0 Å². The summed E-state index contributed by atoms with van der Waals surface area (Å²) < 4.78 is 14.3. The van der Waals surface area contributed by atoms with E-state index in [0.717, 1.165) is 18.4 Å². The Bertz CT molecular complexity index is 947. The summed E-state index contributed by atoms with van der Waals surface area (Å²) in [5.41, 5.74) is 3.44. The molecular formula is C18H15FN4O. The van der Waals surface area contributed by atoms with Crippen LogP contribution in [0.4, 0.5) is 4.39 Å². The lowest BCUT2D eigenvalue weighted by Crippen LogP contribution is -2.25. The van der Waals surface area contributed by atoms with Crippen molar-refractivity contribution in [1.82, 2.24) is 20.7 Å². The third kappa shape index (κ3) is 2.56. The van der Waals surface area contributed by atoms with Crippen LogP contribution in [0.1, 0.15) is 29.2 Å². The third-order valence-electron chi connectivity index (χ3n) is 4.33. The molecule has 0 saturated heterocycles. The first-order chi connectivity index (χ1) is 11.7. The minimum absolute atomic E-state index is 0.0162. The lowest BCUT2D eigenvalue weighted by Gasteiger charge is -2.12. The van der Waals surface area contributed by atoms with E-state index in [0.29, 0.717) is 11.1 Å². The normalized spacial score (nSPS) is 16.6. The number of H-pyrrole nitrogens is 1. The molecule has 0 spiro atoms. The summed E-state index contributed by atoms with van der Waals surface area (Å²) in [6, 6.07) is 11.4. The molecule has 120 valence electrons. The summed E-state index contributed by atoms with van der Waals surface area (Å²) in [5, 5.41) is 12.8. The van der Waals surface area contributed by atoms with E-state index in [1.54, 1.807) is 12.1 Å². The molecular weight excluding hydrogens is 307 g/mol. The SMILES string of the molecule is O=C(/C=C/c1ccc2nn[nH]c2c1F)NC1CCc2ccccc21. The van der Waals surface area contributed by atoms with Gasteiger partial charge in [-0.15, -0.1) is 5.10 Å². The van der Waals surface area contributed by atoms with Gasteiger partial charge in [-0.3, -0.25) is 9.89 Å². The average Bonchev–Trinajstić information content (AvgIpc) is 3.22. The molecule has 2 N–H and O–H groups in total. The van der Waals surface area contributed by atoms with Crippen LogP contribution in [-0.2, 0) is 11.2 Å². The Morgan fingerprint density at radius 1 is 1.29 bits per heavy atom. The van der Waals surface area contributed by atoms with E-state index in [4.69, 9.17) is 0 Å². The van der Waals surface area contributed by atoms with E-state index >= 15 is 0 Å². The molecule has 3 aromatic rings. The number of aromatic amines is 1. The molecule has 1 heterocycles. The molecule has 0 fully saturated rings. The lowest BCUT2D eigenvalue weighted by molar-refractivity contribution is -0.117. The van der Waals surface area contributed by atoms with Gasteiger partial charge in [0.05, 0.1) is 6.04 Å². The summed E-state index contributed by atoms with van der Waals surface area (Å²) >= 11 is 0. The summed E-state index contributed by atoms with van der Waals surface area (Å²) in [6.07, 6.45) is 4.67. The van der Waals surface area contributed by atoms with Crippen LogP contribution in [0, 0.1) is 5.82 Å². The summed E-state index contributed by atoms with van der Waals surface area (Å²) in [5.74, 6) is -0.702. The number of carbonyl (C=O) groups is 1. The number of fused-ring (bicyclic) bond motifs is 2. The van der Waals surface area contributed by atoms with Gasteiger partial charge in [0.2, 0.25) is 5.91 Å². The molecule has 1 atom stereocenters. The molecule has 6 heteroatoms. The van der Waals surface area contributed by atoms with Crippen LogP contribution in [0.5, 0.6) is 0 Å². The highest BCUT2D eigenvalue weighted by atomic mass is 19.1. The van der Waals surface area contributed by atoms with E-state index in [9.17, 15) is 9.18 Å². The molecule has 1 amide bonds. The van der Waals surface area contributed by atoms with Crippen molar-refractivity contribution in [3.05, 3.63) is 65.0 Å². The number of rotatable bonds is 3. The zero-order chi connectivity index (χ0) is 16.5. The van der Waals surface area contributed by atoms with Gasteiger partial charge in [-0.2, -0.15) is 0 Å². The van der Waals surface area contributed by atoms with Gasteiger partial charge in [-0.05, 0) is 42.2 Å². The fourth-order valence-electron chi connectivity index (χ4n) is 3.12. The number of hydrogen-bond donors (Lipinski definition) is 2. The number of nitrogens with zero attached hydrogens (tertiary/aromatic N) is 2. The molecule has 1 aliphatic rings. The first-order valence-corrected chi connectivity index (χ1v) is 7.78. The maximum absolute atomic E-state index is 14.3. The van der Waals surface area contributed by atoms with Crippen molar-refractivity contribution in [3.8, 4) is 0 Å². The first kappa shape index (κ1) is 14.6. The molecule has 1 aromatic heterocycles. The van der Waals surface area contributed by atoms with Crippen molar-refractivity contribution in [1.29, 1.82) is 0 Å². The molecule has 0 saturated carbocycles. The molecule has 1 unspecified atom stereocenters. The summed E-state index contributed by atoms with van der Waals surface area (Å²) in [7, 11) is 0. The van der Waals surface area contributed by atoms with Crippen molar-refractivity contribution in [2.24, 2.45) is 0 Å². The highest BCUT2D eigenvalue weighted by Gasteiger charge is 2.22. The van der Waals surface area contributed by atoms with Gasteiger partial charge in [0, 0.05) is 11.6 Å². The number of carbonyl (C=O) groups excluding carboxylic acids is 1. The number of aromatic nitrogens is 3. The van der Waals surface area contributed by atoms with E-state index in [1.807, 2.05) is 18.2 Å². The standard InChI is InChI=1S/C18H15FN4O/c19-17-12(6-9-15-18(17)22-23-21-15)7-10-16(24)20-14-8-5-11-3-1-2-4-13(11)14/h1-4,6-7,9-10,14H,5,8H2,(H,20,24)(H,21,22,23)/b10-7+. The number of amides is 1. The van der Waals surface area contributed by atoms with E-state index in [1.165, 1.54) is 17.7 Å². The van der Waals surface area contributed by atoms with Gasteiger partial charge in [-0.1, -0.05) is 29.5 Å². The van der Waals surface area contributed by atoms with Gasteiger partial charge in [-0.25, -0.2) is 4.39 Å². The van der Waals surface area contributed by atoms with Gasteiger partial charge < -0.3 is 5.32 Å². The van der Waals surface area contributed by atoms with Crippen molar-refractivity contribution in [2.45, 2.75) is 18.9 Å². The highest BCUT2D eigenvalue weighted by molar-refractivity contribution is 5.92. The van der Waals surface area contributed by atoms with Crippen LogP contribution in [0.3, 0.4) is 0 Å². The van der Waals surface area contributed by atoms with Crippen LogP contribution in [0.2, 0.25) is 0 Å². The van der Waals surface area contributed by atoms with Crippen LogP contribution in [0.15, 0.2) is 42.5 Å². The number of benzene rings is 2. The number of aryl methyl sites for hydroxylation is 1. The second-order valence-electron chi connectivity index (χ2n) is 5.81. The fourth-order valence-corrected chi connectivity index (χ4v) is 3.12. The number of halogens is 1. The van der Waals surface area contributed by atoms with Gasteiger partial charge in [0.15, 0.2) is 5.82 Å². The first-order valence-electron chi connectivity index (χ1n) is 7.78. The minimum atomic E-state index is -0.465. The summed E-state index contributed by atoms with van der Waals surface area (Å²) in [4.78, 5) is 12.2. The van der Waals surface area contributed by atoms with E-state index in [2.05, 4.69) is 26.8 Å². The van der Waals surface area contributed by atoms with Crippen LogP contribution in [-0.4, -0.2) is 21.3 Å². The molecule has 0 aliphatic heterocycles. The molecule has 0 bridgehead atoms. The Labute approximate surface area is 137 Å². The molecule has 0 radical (unpaired) electrons. The molecule has 4 rings (SSSR count). The van der Waals surface area contributed by atoms with E-state index in [-0.39, 0.29) is 17.5 Å². The van der Waals surface area contributed by atoms with Crippen LogP contribution in [0.25, 0.3) is 17.1 Å². The van der Waals surface area contributed by atoms with Crippen molar-refractivity contribution in [3.63, 3.8) is 0 Å². The fraction of sp³-hybridized carbons (Fsp3) is 0.167. The Kier molecular flexibility index (Phi) is 3.57. The lowest BCUT2D eigenvalue weighted by atomic mass is 10.1. The minimum Gasteiger partial charge on any atom is -0.346 e. The molecule has 1 aliphatic carbocycles. The average molecular weight is 322 g/mol. The number of hydrogen-bond acceptors (Lipinski definition) is 3. The zero-order valence-electron chi connectivity index (χ0n) is 12.8. The van der Waals surface area contributed by atoms with Crippen molar-refractivity contribution in [2.75, 3.05) is 0 Å². The second-order valence-corrected chi connectivity index (χ2v) is 5.81. The Balaban J connectivity index is 1.49. The Hall–Kier alpha value is -3.02. The molecule has 24 heavy (non-hydrogen) atoms. The summed E-state index contributed by atoms with van der Waals surface area (Å²) in [6.45, 7) is 0. The van der Waals surface area contributed by atoms with E-state index < -0.39 is 5.82 Å². The zero-order valence-corrected chi connectivity index (χ0v) is 12.8. The topological polar surface area (TPSA) is 70.7 Å². The van der Waals surface area contributed by atoms with Crippen molar-refractivity contribution < 1.29 is 9.18 Å². The highest BCUT2D eigenvalue weighted by Crippen LogP contribution is 2.30. The largest absolute Gasteiger partial charge is 0.346 e. The third-order valence-corrected chi connectivity index (χ3v) is 4.33. The maximum Gasteiger partial charge on any atom is 0.244 e. The molecule has 2 aromatic carbocycles. The second kappa shape index (κ2) is 5.88. The van der Waals surface area contributed by atoms with Gasteiger partial charge >= 0.3 is 0 Å². The van der Waals surface area contributed by atoms with Crippen LogP contribution < -0.4 is 5.32 Å². The van der Waals surface area contributed by atoms with Gasteiger partial charge in [0.25, 0.3) is 0 Å². The quantitative estimate of drug-likeness (QED) is 0.728. The maximum atomic E-state index is 14.3. The number of nitrogens with one attached hydrogen (secondary N) is 2. The Morgan fingerprint density at radius 3 is 3.08 bits per heavy atom. The monoisotopic (exact) mass is 322 g/mol.